The summed E-state index contributed by atoms with van der Waals surface area (Å²) < 4.78 is 18.7. The first-order valence-corrected chi connectivity index (χ1v) is 9.75. The van der Waals surface area contributed by atoms with Gasteiger partial charge in [0.2, 0.25) is 0 Å². The molecule has 29 heavy (non-hydrogen) atoms. The van der Waals surface area contributed by atoms with Crippen molar-refractivity contribution >= 4 is 17.8 Å². The first-order chi connectivity index (χ1) is 13.8. The number of aliphatic imine (C=N–C) groups is 1. The first-order valence-electron chi connectivity index (χ1n) is 9.75. The van der Waals surface area contributed by atoms with Crippen LogP contribution in [0.25, 0.3) is 0 Å². The number of benzene rings is 1. The van der Waals surface area contributed by atoms with Crippen LogP contribution in [0.5, 0.6) is 5.75 Å². The largest absolute Gasteiger partial charge is 0.491 e. The number of anilines is 1. The van der Waals surface area contributed by atoms with E-state index in [9.17, 15) is 9.18 Å². The lowest BCUT2D eigenvalue weighted by molar-refractivity contribution is 0.0954. The Morgan fingerprint density at radius 3 is 2.93 bits per heavy atom. The molecule has 0 fully saturated rings. The second kappa shape index (κ2) is 8.59. The number of hydrogen-bond donors (Lipinski definition) is 2. The minimum Gasteiger partial charge on any atom is -0.491 e. The van der Waals surface area contributed by atoms with Gasteiger partial charge < -0.3 is 15.8 Å². The van der Waals surface area contributed by atoms with Crippen LogP contribution in [-0.4, -0.2) is 36.6 Å². The maximum atomic E-state index is 13.0. The van der Waals surface area contributed by atoms with Crippen LogP contribution in [0.3, 0.4) is 0 Å². The average molecular weight is 398 g/mol. The molecule has 1 aliphatic heterocycles. The summed E-state index contributed by atoms with van der Waals surface area (Å²) >= 11 is 0. The van der Waals surface area contributed by atoms with E-state index in [0.717, 1.165) is 22.7 Å². The van der Waals surface area contributed by atoms with Gasteiger partial charge in [-0.25, -0.2) is 4.39 Å². The Morgan fingerprint density at radius 2 is 2.21 bits per heavy atom. The van der Waals surface area contributed by atoms with Crippen LogP contribution in [0.1, 0.15) is 58.2 Å². The molecule has 0 saturated carbocycles. The Bertz CT molecular complexity index is 956. The fourth-order valence-electron chi connectivity index (χ4n) is 3.39. The molecule has 0 aliphatic carbocycles. The van der Waals surface area contributed by atoms with E-state index >= 15 is 0 Å². The van der Waals surface area contributed by atoms with Crippen molar-refractivity contribution in [3.05, 3.63) is 51.8 Å². The predicted octanol–water partition coefficient (Wildman–Crippen LogP) is 3.48. The van der Waals surface area contributed by atoms with Crippen molar-refractivity contribution in [3.63, 3.8) is 0 Å². The van der Waals surface area contributed by atoms with E-state index < -0.39 is 6.30 Å². The number of halogens is 1. The molecule has 6 nitrogen and oxygen atoms in total. The number of ether oxygens (including phenoxy) is 1. The Balaban J connectivity index is 1.67. The van der Waals surface area contributed by atoms with Crippen LogP contribution in [0.2, 0.25) is 0 Å². The highest BCUT2D eigenvalue weighted by Gasteiger charge is 2.23. The highest BCUT2D eigenvalue weighted by Crippen LogP contribution is 2.35. The molecule has 2 aromatic rings. The molecule has 7 heteroatoms. The number of nitrogens with one attached hydrogen (secondary N) is 1. The number of carbonyl (C=O) groups excluding carboxylic acids is 1. The van der Waals surface area contributed by atoms with E-state index in [-0.39, 0.29) is 5.91 Å². The molecular formula is C22H27FN4O2. The maximum Gasteiger partial charge on any atom is 0.251 e. The minimum absolute atomic E-state index is 0.217. The summed E-state index contributed by atoms with van der Waals surface area (Å²) in [6.07, 6.45) is 0.655. The summed E-state index contributed by atoms with van der Waals surface area (Å²) in [5, 5.41) is 2.92. The topological polar surface area (TPSA) is 89.6 Å². The van der Waals surface area contributed by atoms with Gasteiger partial charge in [0.1, 0.15) is 5.75 Å². The van der Waals surface area contributed by atoms with Gasteiger partial charge in [0.15, 0.2) is 6.30 Å². The molecule has 0 saturated heterocycles. The molecule has 3 N–H and O–H groups in total. The Hall–Kier alpha value is -2.96. The van der Waals surface area contributed by atoms with Gasteiger partial charge in [-0.3, -0.25) is 14.8 Å². The van der Waals surface area contributed by atoms with E-state index in [1.807, 2.05) is 13.8 Å². The van der Waals surface area contributed by atoms with Crippen LogP contribution >= 0.6 is 0 Å². The number of fused-ring (bicyclic) bond motifs is 1. The molecule has 154 valence electrons. The van der Waals surface area contributed by atoms with Crippen molar-refractivity contribution in [2.75, 3.05) is 18.9 Å². The maximum absolute atomic E-state index is 13.0. The number of aryl methyl sites for hydroxylation is 2. The minimum atomic E-state index is -1.33. The Morgan fingerprint density at radius 1 is 1.45 bits per heavy atom. The van der Waals surface area contributed by atoms with Gasteiger partial charge in [0.25, 0.3) is 5.91 Å². The molecule has 3 rings (SSSR count). The van der Waals surface area contributed by atoms with E-state index in [0.29, 0.717) is 42.3 Å². The third-order valence-corrected chi connectivity index (χ3v) is 5.00. The molecule has 0 spiro atoms. The van der Waals surface area contributed by atoms with Gasteiger partial charge in [-0.1, -0.05) is 6.92 Å². The summed E-state index contributed by atoms with van der Waals surface area (Å²) in [7, 11) is 0. The van der Waals surface area contributed by atoms with Crippen LogP contribution in [0, 0.1) is 13.8 Å². The number of nitrogens with zero attached hydrogens (tertiary/aromatic N) is 2. The van der Waals surface area contributed by atoms with E-state index in [2.05, 4.69) is 28.3 Å². The smallest absolute Gasteiger partial charge is 0.251 e. The molecule has 1 amide bonds. The van der Waals surface area contributed by atoms with Crippen molar-refractivity contribution in [1.82, 2.24) is 10.3 Å². The molecule has 2 heterocycles. The van der Waals surface area contributed by atoms with Crippen LogP contribution in [0.4, 0.5) is 10.1 Å². The summed E-state index contributed by atoms with van der Waals surface area (Å²) in [6, 6.07) is 5.41. The van der Waals surface area contributed by atoms with Gasteiger partial charge in [0, 0.05) is 53.2 Å². The van der Waals surface area contributed by atoms with Gasteiger partial charge in [-0.2, -0.15) is 0 Å². The van der Waals surface area contributed by atoms with Crippen molar-refractivity contribution < 1.29 is 13.9 Å². The van der Waals surface area contributed by atoms with Gasteiger partial charge >= 0.3 is 0 Å². The van der Waals surface area contributed by atoms with Gasteiger partial charge in [0.05, 0.1) is 12.3 Å². The van der Waals surface area contributed by atoms with Crippen molar-refractivity contribution in [3.8, 4) is 5.75 Å². The summed E-state index contributed by atoms with van der Waals surface area (Å²) in [6.45, 7) is 8.35. The number of carbonyl (C=O) groups is 1. The van der Waals surface area contributed by atoms with Crippen LogP contribution in [-0.2, 0) is 6.42 Å². The molecule has 2 atom stereocenters. The fourth-order valence-corrected chi connectivity index (χ4v) is 3.39. The summed E-state index contributed by atoms with van der Waals surface area (Å²) in [4.78, 5) is 20.9. The standard InChI is InChI=1S/C22H27FN4O2/c1-12-7-16(8-17(20(12)24)10-26-15(4)23)22(28)25-6-5-18-9-19-13(2)11-29-21(19)14(3)27-18/h7-10,13,15H,5-6,11,24H2,1-4H3,(H,25,28)/b26-10+. The van der Waals surface area contributed by atoms with Crippen molar-refractivity contribution in [2.45, 2.75) is 46.3 Å². The summed E-state index contributed by atoms with van der Waals surface area (Å²) in [5.74, 6) is 1.02. The average Bonchev–Trinajstić information content (AvgIpc) is 3.04. The van der Waals surface area contributed by atoms with Crippen molar-refractivity contribution in [2.24, 2.45) is 4.99 Å². The van der Waals surface area contributed by atoms with Crippen LogP contribution < -0.4 is 15.8 Å². The quantitative estimate of drug-likeness (QED) is 0.443. The first kappa shape index (κ1) is 20.8. The molecule has 0 radical (unpaired) electrons. The molecule has 0 bridgehead atoms. The number of nitrogens with two attached hydrogens (primary N) is 1. The number of nitrogen functional groups attached to an aromatic ring is 1. The summed E-state index contributed by atoms with van der Waals surface area (Å²) in [5.41, 5.74) is 11.2. The lowest BCUT2D eigenvalue weighted by Gasteiger charge is -2.11. The number of rotatable bonds is 6. The van der Waals surface area contributed by atoms with E-state index in [4.69, 9.17) is 10.5 Å². The third-order valence-electron chi connectivity index (χ3n) is 5.00. The molecule has 2 unspecified atom stereocenters. The molecule has 1 aliphatic rings. The zero-order valence-electron chi connectivity index (χ0n) is 17.3. The Kier molecular flexibility index (Phi) is 6.15. The second-order valence-electron chi connectivity index (χ2n) is 7.48. The number of aromatic nitrogens is 1. The normalized spacial score (nSPS) is 16.5. The highest BCUT2D eigenvalue weighted by atomic mass is 19.1. The molecule has 1 aromatic carbocycles. The van der Waals surface area contributed by atoms with Crippen LogP contribution in [0.15, 0.2) is 23.2 Å². The number of alkyl halides is 1. The zero-order valence-corrected chi connectivity index (χ0v) is 17.3. The van der Waals surface area contributed by atoms with E-state index in [1.54, 1.807) is 12.1 Å². The van der Waals surface area contributed by atoms with Crippen molar-refractivity contribution in [1.29, 1.82) is 0 Å². The molecular weight excluding hydrogens is 371 g/mol. The SMILES string of the molecule is Cc1cc(C(=O)NCCc2cc3c(c(C)n2)OCC3C)cc(/C=N/C(C)F)c1N. The second-order valence-corrected chi connectivity index (χ2v) is 7.48. The van der Waals surface area contributed by atoms with E-state index in [1.165, 1.54) is 18.7 Å². The lowest BCUT2D eigenvalue weighted by Crippen LogP contribution is -2.26. The van der Waals surface area contributed by atoms with Gasteiger partial charge in [-0.05, 0) is 44.5 Å². The third kappa shape index (κ3) is 4.72. The number of amides is 1. The fraction of sp³-hybridized carbons (Fsp3) is 0.409. The molecule has 1 aromatic heterocycles. The van der Waals surface area contributed by atoms with Gasteiger partial charge in [-0.15, -0.1) is 0 Å². The monoisotopic (exact) mass is 398 g/mol. The zero-order chi connectivity index (χ0) is 21.1. The highest BCUT2D eigenvalue weighted by molar-refractivity contribution is 5.98. The number of pyridine rings is 1. The number of hydrogen-bond acceptors (Lipinski definition) is 5. The Labute approximate surface area is 170 Å². The predicted molar refractivity (Wildman–Crippen MR) is 113 cm³/mol. The lowest BCUT2D eigenvalue weighted by atomic mass is 10.0.